The van der Waals surface area contributed by atoms with Crippen LogP contribution in [0.25, 0.3) is 32.9 Å². The second-order valence-corrected chi connectivity index (χ2v) is 5.25. The van der Waals surface area contributed by atoms with Gasteiger partial charge in [0.05, 0.1) is 0 Å². The van der Waals surface area contributed by atoms with Gasteiger partial charge in [-0.05, 0) is 35.7 Å². The van der Waals surface area contributed by atoms with Crippen molar-refractivity contribution in [3.8, 4) is 11.1 Å². The Balaban J connectivity index is 2.00. The minimum Gasteiger partial charge on any atom is -0.354 e. The third-order valence-corrected chi connectivity index (χ3v) is 3.96. The van der Waals surface area contributed by atoms with E-state index in [-0.39, 0.29) is 0 Å². The summed E-state index contributed by atoms with van der Waals surface area (Å²) in [5.41, 5.74) is 6.27. The first-order valence-electron chi connectivity index (χ1n) is 6.89. The highest BCUT2D eigenvalue weighted by Gasteiger charge is 2.06. The predicted molar refractivity (Wildman–Crippen MR) is 86.0 cm³/mol. The molecule has 1 N–H and O–H groups in total. The van der Waals surface area contributed by atoms with Crippen LogP contribution in [0.1, 0.15) is 5.56 Å². The molecule has 4 aromatic rings. The summed E-state index contributed by atoms with van der Waals surface area (Å²) in [7, 11) is 0. The second-order valence-electron chi connectivity index (χ2n) is 5.25. The summed E-state index contributed by atoms with van der Waals surface area (Å²) in [6.45, 7) is 2.16. The summed E-state index contributed by atoms with van der Waals surface area (Å²) in [5, 5.41) is 2.58. The lowest BCUT2D eigenvalue weighted by Crippen LogP contribution is -1.82. The number of hydrogen-bond donors (Lipinski definition) is 1. The number of aromatic amines is 1. The first-order valence-corrected chi connectivity index (χ1v) is 6.89. The highest BCUT2D eigenvalue weighted by atomic mass is 14.7. The molecule has 0 atom stereocenters. The fraction of sp³-hybridized carbons (Fsp3) is 0.0526. The molecule has 96 valence electrons. The lowest BCUT2D eigenvalue weighted by atomic mass is 9.99. The van der Waals surface area contributed by atoms with E-state index in [2.05, 4.69) is 78.6 Å². The lowest BCUT2D eigenvalue weighted by molar-refractivity contribution is 1.46. The molecule has 1 nitrogen and oxygen atoms in total. The Labute approximate surface area is 117 Å². The Hall–Kier alpha value is -2.54. The van der Waals surface area contributed by atoms with E-state index in [1.54, 1.807) is 0 Å². The molecule has 1 heterocycles. The molecule has 0 unspecified atom stereocenters. The summed E-state index contributed by atoms with van der Waals surface area (Å²) in [4.78, 5) is 3.51. The van der Waals surface area contributed by atoms with Crippen molar-refractivity contribution < 1.29 is 0 Å². The zero-order valence-electron chi connectivity index (χ0n) is 11.4. The molecule has 1 heteroatoms. The number of nitrogens with one attached hydrogen (secondary N) is 1. The number of benzene rings is 3. The largest absolute Gasteiger partial charge is 0.354 e. The van der Waals surface area contributed by atoms with Gasteiger partial charge in [-0.25, -0.2) is 0 Å². The lowest BCUT2D eigenvalue weighted by Gasteiger charge is -2.05. The minimum absolute atomic E-state index is 1.20. The summed E-state index contributed by atoms with van der Waals surface area (Å²) < 4.78 is 0. The van der Waals surface area contributed by atoms with E-state index in [1.807, 2.05) is 0 Å². The van der Waals surface area contributed by atoms with Gasteiger partial charge >= 0.3 is 0 Å². The van der Waals surface area contributed by atoms with Crippen LogP contribution < -0.4 is 0 Å². The van der Waals surface area contributed by atoms with Crippen molar-refractivity contribution in [3.63, 3.8) is 0 Å². The third kappa shape index (κ3) is 1.64. The van der Waals surface area contributed by atoms with Gasteiger partial charge in [-0.2, -0.15) is 0 Å². The molecule has 0 aliphatic rings. The molecule has 0 radical (unpaired) electrons. The molecule has 0 aliphatic heterocycles. The van der Waals surface area contributed by atoms with Gasteiger partial charge < -0.3 is 4.98 Å². The molecule has 1 aromatic heterocycles. The number of hydrogen-bond acceptors (Lipinski definition) is 0. The SMILES string of the molecule is Cc1ccccc1-c1ccc2c(c1)[nH]c1ccccc12. The van der Waals surface area contributed by atoms with Gasteiger partial charge in [0, 0.05) is 21.8 Å². The van der Waals surface area contributed by atoms with Crippen molar-refractivity contribution in [1.29, 1.82) is 0 Å². The fourth-order valence-corrected chi connectivity index (χ4v) is 2.92. The van der Waals surface area contributed by atoms with Crippen LogP contribution in [0.3, 0.4) is 0 Å². The Morgan fingerprint density at radius 2 is 1.45 bits per heavy atom. The zero-order valence-corrected chi connectivity index (χ0v) is 11.4. The molecule has 3 aromatic carbocycles. The van der Waals surface area contributed by atoms with Crippen molar-refractivity contribution in [3.05, 3.63) is 72.3 Å². The molecule has 0 aliphatic carbocycles. The fourth-order valence-electron chi connectivity index (χ4n) is 2.92. The van der Waals surface area contributed by atoms with Gasteiger partial charge in [0.1, 0.15) is 0 Å². The molecule has 0 saturated carbocycles. The minimum atomic E-state index is 1.20. The summed E-state index contributed by atoms with van der Waals surface area (Å²) >= 11 is 0. The Kier molecular flexibility index (Phi) is 2.40. The molecule has 0 amide bonds. The number of fused-ring (bicyclic) bond motifs is 3. The number of aromatic nitrogens is 1. The highest BCUT2D eigenvalue weighted by molar-refractivity contribution is 6.08. The highest BCUT2D eigenvalue weighted by Crippen LogP contribution is 2.30. The van der Waals surface area contributed by atoms with Crippen molar-refractivity contribution in [2.75, 3.05) is 0 Å². The van der Waals surface area contributed by atoms with Crippen LogP contribution in [0.15, 0.2) is 66.7 Å². The molecular weight excluding hydrogens is 242 g/mol. The van der Waals surface area contributed by atoms with Crippen LogP contribution in [0.5, 0.6) is 0 Å². The van der Waals surface area contributed by atoms with E-state index in [4.69, 9.17) is 0 Å². The molecule has 0 bridgehead atoms. The maximum absolute atomic E-state index is 3.51. The quantitative estimate of drug-likeness (QED) is 0.476. The number of aryl methyl sites for hydroxylation is 1. The predicted octanol–water partition coefficient (Wildman–Crippen LogP) is 5.30. The summed E-state index contributed by atoms with van der Waals surface area (Å²) in [5.74, 6) is 0. The average Bonchev–Trinajstić information content (AvgIpc) is 2.85. The van der Waals surface area contributed by atoms with Crippen LogP contribution in [-0.4, -0.2) is 4.98 Å². The summed E-state index contributed by atoms with van der Waals surface area (Å²) in [6, 6.07) is 23.6. The average molecular weight is 257 g/mol. The molecular formula is C19H15N. The van der Waals surface area contributed by atoms with Gasteiger partial charge in [0.25, 0.3) is 0 Å². The van der Waals surface area contributed by atoms with Crippen LogP contribution in [0.2, 0.25) is 0 Å². The van der Waals surface area contributed by atoms with Crippen LogP contribution in [0, 0.1) is 6.92 Å². The molecule has 0 spiro atoms. The van der Waals surface area contributed by atoms with Crippen molar-refractivity contribution in [1.82, 2.24) is 4.98 Å². The smallest absolute Gasteiger partial charge is 0.0471 e. The van der Waals surface area contributed by atoms with E-state index in [0.29, 0.717) is 0 Å². The number of H-pyrrole nitrogens is 1. The van der Waals surface area contributed by atoms with Gasteiger partial charge in [-0.1, -0.05) is 54.6 Å². The molecule has 0 saturated heterocycles. The van der Waals surface area contributed by atoms with Gasteiger partial charge in [-0.15, -0.1) is 0 Å². The molecule has 20 heavy (non-hydrogen) atoms. The van der Waals surface area contributed by atoms with E-state index >= 15 is 0 Å². The van der Waals surface area contributed by atoms with E-state index in [9.17, 15) is 0 Å². The zero-order chi connectivity index (χ0) is 13.5. The monoisotopic (exact) mass is 257 g/mol. The van der Waals surface area contributed by atoms with E-state index in [0.717, 1.165) is 0 Å². The Morgan fingerprint density at radius 3 is 2.35 bits per heavy atom. The van der Waals surface area contributed by atoms with Gasteiger partial charge in [0.2, 0.25) is 0 Å². The van der Waals surface area contributed by atoms with Crippen molar-refractivity contribution in [2.24, 2.45) is 0 Å². The van der Waals surface area contributed by atoms with E-state index in [1.165, 1.54) is 38.5 Å². The Bertz CT molecular complexity index is 915. The van der Waals surface area contributed by atoms with Crippen LogP contribution in [0.4, 0.5) is 0 Å². The molecule has 4 rings (SSSR count). The number of rotatable bonds is 1. The van der Waals surface area contributed by atoms with Crippen molar-refractivity contribution in [2.45, 2.75) is 6.92 Å². The van der Waals surface area contributed by atoms with Crippen molar-refractivity contribution >= 4 is 21.8 Å². The maximum Gasteiger partial charge on any atom is 0.0471 e. The first kappa shape index (κ1) is 11.3. The Morgan fingerprint density at radius 1 is 0.700 bits per heavy atom. The normalized spacial score (nSPS) is 11.2. The van der Waals surface area contributed by atoms with Crippen LogP contribution in [-0.2, 0) is 0 Å². The first-order chi connectivity index (χ1) is 9.83. The topological polar surface area (TPSA) is 15.8 Å². The second kappa shape index (κ2) is 4.24. The standard InChI is InChI=1S/C19H15N/c1-13-6-2-3-7-15(13)14-10-11-17-16-8-4-5-9-18(16)20-19(17)12-14/h2-12,20H,1H3. The van der Waals surface area contributed by atoms with Crippen LogP contribution >= 0.6 is 0 Å². The number of para-hydroxylation sites is 1. The maximum atomic E-state index is 3.51. The third-order valence-electron chi connectivity index (χ3n) is 3.96. The van der Waals surface area contributed by atoms with Gasteiger partial charge in [-0.3, -0.25) is 0 Å². The van der Waals surface area contributed by atoms with E-state index < -0.39 is 0 Å². The summed E-state index contributed by atoms with van der Waals surface area (Å²) in [6.07, 6.45) is 0. The van der Waals surface area contributed by atoms with Gasteiger partial charge in [0.15, 0.2) is 0 Å². The molecule has 0 fully saturated rings.